The third kappa shape index (κ3) is 9.85. The normalized spacial score (nSPS) is 22.2. The molecule has 1 amide bonds. The number of rotatable bonds is 13. The summed E-state index contributed by atoms with van der Waals surface area (Å²) in [5, 5.41) is 33.9. The van der Waals surface area contributed by atoms with Crippen LogP contribution in [0.3, 0.4) is 0 Å². The molecule has 264 valence electrons. The van der Waals surface area contributed by atoms with Crippen molar-refractivity contribution < 1.29 is 28.8 Å². The molecule has 2 aliphatic heterocycles. The second-order valence-electron chi connectivity index (χ2n) is 14.1. The highest BCUT2D eigenvalue weighted by molar-refractivity contribution is 6.02. The molecule has 2 unspecified atom stereocenters. The Labute approximate surface area is 287 Å². The minimum absolute atomic E-state index is 0.0348. The third-order valence-corrected chi connectivity index (χ3v) is 9.01. The predicted octanol–water partition coefficient (Wildman–Crippen LogP) is 2.95. The van der Waals surface area contributed by atoms with Crippen molar-refractivity contribution in [1.82, 2.24) is 20.3 Å². The summed E-state index contributed by atoms with van der Waals surface area (Å²) in [7, 11) is 1.55. The van der Waals surface area contributed by atoms with Crippen LogP contribution in [0.4, 0.5) is 5.69 Å². The van der Waals surface area contributed by atoms with Crippen LogP contribution in [0, 0.1) is 11.3 Å². The number of aliphatic hydroxyl groups excluding tert-OH is 1. The van der Waals surface area contributed by atoms with Crippen molar-refractivity contribution in [3.8, 4) is 6.07 Å². The number of nitriles is 1. The number of amides is 1. The van der Waals surface area contributed by atoms with E-state index in [9.17, 15) is 15.2 Å². The fourth-order valence-corrected chi connectivity index (χ4v) is 6.15. The van der Waals surface area contributed by atoms with E-state index in [1.807, 2.05) is 45.9 Å². The van der Waals surface area contributed by atoms with Gasteiger partial charge in [0.15, 0.2) is 6.29 Å². The molecule has 0 saturated carbocycles. The fourth-order valence-electron chi connectivity index (χ4n) is 6.15. The summed E-state index contributed by atoms with van der Waals surface area (Å²) in [6.07, 6.45) is 2.98. The first-order valence-corrected chi connectivity index (χ1v) is 16.8. The van der Waals surface area contributed by atoms with Crippen LogP contribution >= 0.6 is 0 Å². The van der Waals surface area contributed by atoms with Gasteiger partial charge in [0.05, 0.1) is 37.2 Å². The molecule has 5 rings (SSSR count). The SMILES string of the molecule is CO[C@@H]1CC(N)[C@H](O)C(Cn2cc(CC(C)(C)OCCC(C)(C)NC(=O)/C(C#N)=C/c3ccc4cc(N5CCOCC5)ccc4c3)nn2)O1. The Morgan fingerprint density at radius 1 is 1.18 bits per heavy atom. The smallest absolute Gasteiger partial charge is 0.262 e. The van der Waals surface area contributed by atoms with Crippen molar-refractivity contribution in [2.45, 2.75) is 89.2 Å². The van der Waals surface area contributed by atoms with Crippen LogP contribution in [0.2, 0.25) is 0 Å². The summed E-state index contributed by atoms with van der Waals surface area (Å²) in [5.41, 5.74) is 7.56. The molecule has 4 N–H and O–H groups in total. The van der Waals surface area contributed by atoms with E-state index in [1.54, 1.807) is 24.1 Å². The van der Waals surface area contributed by atoms with Gasteiger partial charge < -0.3 is 40.0 Å². The number of morpholine rings is 1. The van der Waals surface area contributed by atoms with Gasteiger partial charge in [-0.1, -0.05) is 23.4 Å². The number of aromatic nitrogens is 3. The van der Waals surface area contributed by atoms with Crippen LogP contribution in [-0.2, 0) is 36.7 Å². The average Bonchev–Trinajstić information content (AvgIpc) is 3.50. The molecule has 0 radical (unpaired) electrons. The van der Waals surface area contributed by atoms with E-state index in [1.165, 1.54) is 0 Å². The number of nitrogens with one attached hydrogen (secondary N) is 1. The molecule has 49 heavy (non-hydrogen) atoms. The van der Waals surface area contributed by atoms with E-state index in [-0.39, 0.29) is 12.1 Å². The van der Waals surface area contributed by atoms with E-state index >= 15 is 0 Å². The number of ether oxygens (including phenoxy) is 4. The Bertz CT molecular complexity index is 1660. The molecule has 3 heterocycles. The van der Waals surface area contributed by atoms with Crippen LogP contribution in [0.15, 0.2) is 48.2 Å². The van der Waals surface area contributed by atoms with Gasteiger partial charge in [0.1, 0.15) is 17.7 Å². The van der Waals surface area contributed by atoms with Crippen LogP contribution in [0.1, 0.15) is 51.8 Å². The standard InChI is InChI=1S/C36H49N7O6/c1-35(2,10-13-48-36(3,4)20-28-22-43(41-40-28)23-31-33(44)30(38)19-32(46-5)49-31)39-34(45)27(21-37)17-24-6-7-26-18-29(9-8-25(26)16-24)42-11-14-47-15-12-42/h6-9,16-18,22,30-33,44H,10-15,19-20,23,38H2,1-5H3,(H,39,45)/b27-17+/t30?,31?,32-,33-/m0/s1. The van der Waals surface area contributed by atoms with E-state index in [0.717, 1.165) is 54.0 Å². The van der Waals surface area contributed by atoms with Gasteiger partial charge in [-0.15, -0.1) is 5.10 Å². The lowest BCUT2D eigenvalue weighted by Gasteiger charge is -2.36. The van der Waals surface area contributed by atoms with Crippen molar-refractivity contribution in [3.05, 3.63) is 59.4 Å². The average molecular weight is 676 g/mol. The molecule has 2 aliphatic rings. The minimum Gasteiger partial charge on any atom is -0.389 e. The number of carbonyl (C=O) groups excluding carboxylic acids is 1. The number of hydrogen-bond donors (Lipinski definition) is 3. The number of hydrogen-bond acceptors (Lipinski definition) is 11. The van der Waals surface area contributed by atoms with Crippen molar-refractivity contribution >= 4 is 28.4 Å². The summed E-state index contributed by atoms with van der Waals surface area (Å²) >= 11 is 0. The summed E-state index contributed by atoms with van der Waals surface area (Å²) in [6, 6.07) is 13.9. The number of aliphatic hydroxyl groups is 1. The van der Waals surface area contributed by atoms with E-state index in [2.05, 4.69) is 44.8 Å². The molecule has 3 aromatic rings. The molecule has 0 spiro atoms. The van der Waals surface area contributed by atoms with Gasteiger partial charge in [-0.3, -0.25) is 4.79 Å². The number of nitrogens with zero attached hydrogens (tertiary/aromatic N) is 5. The molecule has 4 atom stereocenters. The van der Waals surface area contributed by atoms with E-state index in [4.69, 9.17) is 24.7 Å². The van der Waals surface area contributed by atoms with Gasteiger partial charge in [-0.05, 0) is 74.7 Å². The lowest BCUT2D eigenvalue weighted by atomic mass is 9.99. The predicted molar refractivity (Wildman–Crippen MR) is 185 cm³/mol. The number of anilines is 1. The lowest BCUT2D eigenvalue weighted by molar-refractivity contribution is -0.220. The zero-order valence-electron chi connectivity index (χ0n) is 29.1. The highest BCUT2D eigenvalue weighted by Gasteiger charge is 2.36. The van der Waals surface area contributed by atoms with Gasteiger partial charge in [0, 0.05) is 63.1 Å². The number of methoxy groups -OCH3 is 1. The van der Waals surface area contributed by atoms with Crippen molar-refractivity contribution in [3.63, 3.8) is 0 Å². The molecule has 13 nitrogen and oxygen atoms in total. The number of carbonyl (C=O) groups is 1. The molecular formula is C36H49N7O6. The summed E-state index contributed by atoms with van der Waals surface area (Å²) in [6.45, 7) is 11.6. The zero-order valence-corrected chi connectivity index (χ0v) is 29.1. The second kappa shape index (κ2) is 15.8. The third-order valence-electron chi connectivity index (χ3n) is 9.01. The van der Waals surface area contributed by atoms with Gasteiger partial charge in [0.2, 0.25) is 0 Å². The molecule has 13 heteroatoms. The highest BCUT2D eigenvalue weighted by atomic mass is 16.7. The van der Waals surface area contributed by atoms with Crippen molar-refractivity contribution in [1.29, 1.82) is 5.26 Å². The molecule has 0 bridgehead atoms. The first kappa shape index (κ1) is 36.4. The molecule has 2 saturated heterocycles. The Kier molecular flexibility index (Phi) is 11.7. The van der Waals surface area contributed by atoms with Crippen LogP contribution in [0.5, 0.6) is 0 Å². The number of nitrogens with two attached hydrogens (primary N) is 1. The van der Waals surface area contributed by atoms with Gasteiger partial charge >= 0.3 is 0 Å². The monoisotopic (exact) mass is 675 g/mol. The maximum Gasteiger partial charge on any atom is 0.262 e. The molecule has 1 aromatic heterocycles. The van der Waals surface area contributed by atoms with Crippen LogP contribution in [0.25, 0.3) is 16.8 Å². The maximum absolute atomic E-state index is 13.2. The number of benzene rings is 2. The minimum atomic E-state index is -0.837. The van der Waals surface area contributed by atoms with Gasteiger partial charge in [-0.25, -0.2) is 4.68 Å². The Morgan fingerprint density at radius 3 is 2.65 bits per heavy atom. The summed E-state index contributed by atoms with van der Waals surface area (Å²) < 4.78 is 24.4. The highest BCUT2D eigenvalue weighted by Crippen LogP contribution is 2.26. The van der Waals surface area contributed by atoms with Crippen LogP contribution in [-0.4, -0.2) is 102 Å². The van der Waals surface area contributed by atoms with E-state index in [0.29, 0.717) is 25.9 Å². The van der Waals surface area contributed by atoms with Crippen molar-refractivity contribution in [2.75, 3.05) is 44.9 Å². The van der Waals surface area contributed by atoms with E-state index < -0.39 is 41.6 Å². The van der Waals surface area contributed by atoms with Gasteiger partial charge in [-0.2, -0.15) is 5.26 Å². The molecule has 2 aromatic carbocycles. The zero-order chi connectivity index (χ0) is 35.2. The quantitative estimate of drug-likeness (QED) is 0.180. The fraction of sp³-hybridized carbons (Fsp3) is 0.556. The first-order valence-electron chi connectivity index (χ1n) is 16.8. The maximum atomic E-state index is 13.2. The molecule has 2 fully saturated rings. The van der Waals surface area contributed by atoms with Crippen molar-refractivity contribution in [2.24, 2.45) is 5.73 Å². The second-order valence-corrected chi connectivity index (χ2v) is 14.1. The first-order chi connectivity index (χ1) is 23.3. The Balaban J connectivity index is 1.11. The topological polar surface area (TPSA) is 170 Å². The largest absolute Gasteiger partial charge is 0.389 e. The van der Waals surface area contributed by atoms with Crippen LogP contribution < -0.4 is 16.0 Å². The Morgan fingerprint density at radius 2 is 1.92 bits per heavy atom. The summed E-state index contributed by atoms with van der Waals surface area (Å²) in [4.78, 5) is 15.5. The lowest BCUT2D eigenvalue weighted by Crippen LogP contribution is -2.54. The molecule has 0 aliphatic carbocycles. The molecular weight excluding hydrogens is 626 g/mol. The summed E-state index contributed by atoms with van der Waals surface area (Å²) in [5.74, 6) is -0.434. The Hall–Kier alpha value is -3.90. The van der Waals surface area contributed by atoms with Gasteiger partial charge in [0.25, 0.3) is 5.91 Å². The number of fused-ring (bicyclic) bond motifs is 1.